The zero-order valence-corrected chi connectivity index (χ0v) is 12.7. The van der Waals surface area contributed by atoms with Crippen LogP contribution in [0.5, 0.6) is 5.75 Å². The molecule has 0 aliphatic heterocycles. The van der Waals surface area contributed by atoms with Gasteiger partial charge in [-0.05, 0) is 47.9 Å². The normalized spacial score (nSPS) is 10.6. The molecule has 0 aliphatic carbocycles. The molecule has 0 heterocycles. The maximum atomic E-state index is 6.06. The molecule has 1 N–H and O–H groups in total. The highest BCUT2D eigenvalue weighted by Gasteiger charge is 2.04. The summed E-state index contributed by atoms with van der Waals surface area (Å²) in [5.41, 5.74) is 3.57. The molecule has 0 spiro atoms. The van der Waals surface area contributed by atoms with Crippen molar-refractivity contribution in [2.75, 3.05) is 13.7 Å². The maximum Gasteiger partial charge on any atom is 0.138 e. The van der Waals surface area contributed by atoms with Crippen molar-refractivity contribution < 1.29 is 4.74 Å². The van der Waals surface area contributed by atoms with Gasteiger partial charge in [-0.2, -0.15) is 0 Å². The minimum absolute atomic E-state index is 0.636. The zero-order valence-electron chi connectivity index (χ0n) is 11.9. The highest BCUT2D eigenvalue weighted by molar-refractivity contribution is 6.32. The van der Waals surface area contributed by atoms with E-state index in [2.05, 4.69) is 36.5 Å². The third-order valence-corrected chi connectivity index (χ3v) is 3.48. The first kappa shape index (κ1) is 14.9. The molecule has 0 aliphatic rings. The summed E-state index contributed by atoms with van der Waals surface area (Å²) in [7, 11) is 1.64. The van der Waals surface area contributed by atoms with Crippen LogP contribution in [-0.2, 0) is 6.54 Å². The topological polar surface area (TPSA) is 21.3 Å². The van der Waals surface area contributed by atoms with Crippen LogP contribution in [-0.4, -0.2) is 13.7 Å². The van der Waals surface area contributed by atoms with Crippen LogP contribution in [0.1, 0.15) is 18.9 Å². The number of rotatable bonds is 6. The van der Waals surface area contributed by atoms with Crippen LogP contribution in [0.25, 0.3) is 11.1 Å². The first-order valence-electron chi connectivity index (χ1n) is 6.88. The van der Waals surface area contributed by atoms with E-state index in [-0.39, 0.29) is 0 Å². The number of hydrogen-bond acceptors (Lipinski definition) is 2. The molecule has 0 fully saturated rings. The molecule has 2 aromatic carbocycles. The second kappa shape index (κ2) is 7.32. The van der Waals surface area contributed by atoms with Gasteiger partial charge in [0, 0.05) is 6.54 Å². The number of hydrogen-bond donors (Lipinski definition) is 1. The molecule has 3 heteroatoms. The molecule has 0 radical (unpaired) electrons. The largest absolute Gasteiger partial charge is 0.495 e. The minimum atomic E-state index is 0.636. The third kappa shape index (κ3) is 3.75. The van der Waals surface area contributed by atoms with Gasteiger partial charge in [0.15, 0.2) is 0 Å². The molecule has 2 rings (SSSR count). The van der Waals surface area contributed by atoms with E-state index in [1.807, 2.05) is 18.2 Å². The molecule has 0 aromatic heterocycles. The zero-order chi connectivity index (χ0) is 14.4. The Bertz CT molecular complexity index is 569. The number of benzene rings is 2. The fraction of sp³-hybridized carbons (Fsp3) is 0.294. The molecular weight excluding hydrogens is 270 g/mol. The predicted molar refractivity (Wildman–Crippen MR) is 85.4 cm³/mol. The van der Waals surface area contributed by atoms with Crippen LogP contribution in [0.4, 0.5) is 0 Å². The van der Waals surface area contributed by atoms with Crippen LogP contribution >= 0.6 is 11.6 Å². The summed E-state index contributed by atoms with van der Waals surface area (Å²) in [5.74, 6) is 0.707. The SMILES string of the molecule is CCCNCc1cccc(-c2ccc(Cl)c(OC)c2)c1. The van der Waals surface area contributed by atoms with Crippen LogP contribution in [0.15, 0.2) is 42.5 Å². The van der Waals surface area contributed by atoms with Gasteiger partial charge < -0.3 is 10.1 Å². The Kier molecular flexibility index (Phi) is 5.45. The van der Waals surface area contributed by atoms with E-state index in [9.17, 15) is 0 Å². The molecule has 0 saturated heterocycles. The molecule has 2 aromatic rings. The quantitative estimate of drug-likeness (QED) is 0.790. The Morgan fingerprint density at radius 1 is 1.10 bits per heavy atom. The van der Waals surface area contributed by atoms with Gasteiger partial charge in [-0.1, -0.05) is 42.8 Å². The molecule has 0 atom stereocenters. The monoisotopic (exact) mass is 289 g/mol. The van der Waals surface area contributed by atoms with Crippen molar-refractivity contribution in [2.24, 2.45) is 0 Å². The minimum Gasteiger partial charge on any atom is -0.495 e. The highest BCUT2D eigenvalue weighted by atomic mass is 35.5. The lowest BCUT2D eigenvalue weighted by atomic mass is 10.0. The Morgan fingerprint density at radius 2 is 1.90 bits per heavy atom. The number of nitrogens with one attached hydrogen (secondary N) is 1. The molecule has 20 heavy (non-hydrogen) atoms. The smallest absolute Gasteiger partial charge is 0.138 e. The third-order valence-electron chi connectivity index (χ3n) is 3.17. The second-order valence-electron chi connectivity index (χ2n) is 4.73. The van der Waals surface area contributed by atoms with Crippen LogP contribution < -0.4 is 10.1 Å². The average Bonchev–Trinajstić information content (AvgIpc) is 2.48. The van der Waals surface area contributed by atoms with E-state index >= 15 is 0 Å². The number of halogens is 1. The number of ether oxygens (including phenoxy) is 1. The van der Waals surface area contributed by atoms with Crippen LogP contribution in [0.3, 0.4) is 0 Å². The van der Waals surface area contributed by atoms with Crippen molar-refractivity contribution in [3.63, 3.8) is 0 Å². The van der Waals surface area contributed by atoms with Crippen molar-refractivity contribution in [1.82, 2.24) is 5.32 Å². The maximum absolute atomic E-state index is 6.06. The average molecular weight is 290 g/mol. The fourth-order valence-corrected chi connectivity index (χ4v) is 2.30. The lowest BCUT2D eigenvalue weighted by molar-refractivity contribution is 0.415. The van der Waals surface area contributed by atoms with E-state index < -0.39 is 0 Å². The van der Waals surface area contributed by atoms with Crippen molar-refractivity contribution in [2.45, 2.75) is 19.9 Å². The van der Waals surface area contributed by atoms with E-state index in [0.717, 1.165) is 25.1 Å². The van der Waals surface area contributed by atoms with Gasteiger partial charge in [0.2, 0.25) is 0 Å². The summed E-state index contributed by atoms with van der Waals surface area (Å²) >= 11 is 6.06. The Hall–Kier alpha value is -1.51. The van der Waals surface area contributed by atoms with E-state index in [4.69, 9.17) is 16.3 Å². The summed E-state index contributed by atoms with van der Waals surface area (Å²) in [6.45, 7) is 4.11. The standard InChI is InChI=1S/C17H20ClNO/c1-3-9-19-12-13-5-4-6-14(10-13)15-7-8-16(18)17(11-15)20-2/h4-8,10-11,19H,3,9,12H2,1-2H3. The molecule has 106 valence electrons. The fourth-order valence-electron chi connectivity index (χ4n) is 2.11. The summed E-state index contributed by atoms with van der Waals surface area (Å²) in [6, 6.07) is 14.4. The van der Waals surface area contributed by atoms with Gasteiger partial charge in [0.1, 0.15) is 5.75 Å². The van der Waals surface area contributed by atoms with Gasteiger partial charge in [0.05, 0.1) is 12.1 Å². The van der Waals surface area contributed by atoms with Crippen LogP contribution in [0, 0.1) is 0 Å². The molecular formula is C17H20ClNO. The lowest BCUT2D eigenvalue weighted by Gasteiger charge is -2.09. The number of methoxy groups -OCH3 is 1. The van der Waals surface area contributed by atoms with E-state index in [0.29, 0.717) is 10.8 Å². The first-order chi connectivity index (χ1) is 9.74. The van der Waals surface area contributed by atoms with Crippen molar-refractivity contribution >= 4 is 11.6 Å². The Morgan fingerprint density at radius 3 is 2.65 bits per heavy atom. The molecule has 0 saturated carbocycles. The molecule has 0 unspecified atom stereocenters. The Labute approximate surface area is 125 Å². The predicted octanol–water partition coefficient (Wildman–Crippen LogP) is 4.52. The first-order valence-corrected chi connectivity index (χ1v) is 7.26. The summed E-state index contributed by atoms with van der Waals surface area (Å²) in [4.78, 5) is 0. The Balaban J connectivity index is 2.22. The second-order valence-corrected chi connectivity index (χ2v) is 5.13. The molecule has 0 amide bonds. The van der Waals surface area contributed by atoms with Gasteiger partial charge in [-0.15, -0.1) is 0 Å². The lowest BCUT2D eigenvalue weighted by Crippen LogP contribution is -2.13. The van der Waals surface area contributed by atoms with Gasteiger partial charge in [-0.25, -0.2) is 0 Å². The van der Waals surface area contributed by atoms with E-state index in [1.165, 1.54) is 11.1 Å². The van der Waals surface area contributed by atoms with Crippen molar-refractivity contribution in [1.29, 1.82) is 0 Å². The molecule has 0 bridgehead atoms. The highest BCUT2D eigenvalue weighted by Crippen LogP contribution is 2.30. The van der Waals surface area contributed by atoms with Crippen LogP contribution in [0.2, 0.25) is 5.02 Å². The van der Waals surface area contributed by atoms with Gasteiger partial charge in [-0.3, -0.25) is 0 Å². The van der Waals surface area contributed by atoms with Crippen molar-refractivity contribution in [3.05, 3.63) is 53.1 Å². The van der Waals surface area contributed by atoms with Gasteiger partial charge >= 0.3 is 0 Å². The summed E-state index contributed by atoms with van der Waals surface area (Å²) in [6.07, 6.45) is 1.15. The molecule has 2 nitrogen and oxygen atoms in total. The summed E-state index contributed by atoms with van der Waals surface area (Å²) < 4.78 is 5.27. The summed E-state index contributed by atoms with van der Waals surface area (Å²) in [5, 5.41) is 4.05. The van der Waals surface area contributed by atoms with E-state index in [1.54, 1.807) is 7.11 Å². The van der Waals surface area contributed by atoms with Crippen molar-refractivity contribution in [3.8, 4) is 16.9 Å². The van der Waals surface area contributed by atoms with Gasteiger partial charge in [0.25, 0.3) is 0 Å².